The molecule has 0 radical (unpaired) electrons. The van der Waals surface area contributed by atoms with Crippen molar-refractivity contribution in [2.75, 3.05) is 24.7 Å². The Hall–Kier alpha value is -5.91. The lowest BCUT2D eigenvalue weighted by atomic mass is 10.1. The standard InChI is InChI=1S/C32H32N9O14P/c33-30-36-14-41(32(47)39-30)27-23(54-29(46)16-9-5-2-6-10-16)21(17(11-42)51-27)55-56(48,49)50-12-18-20(43)22(53-28(45)15-7-3-1-4-8-15)26(52-18)40-13-35-19-24(40)37-31(34)38-25(19)44/h1-10,13-14,17-18,20-23,26-27,42-43H,11-12H2,(H,48,49)(H2,33,39,47)(H3,34,37,38,44)/t17-,18-,20?,21+,22+,23?,26-,27-/m1/s1. The normalized spacial score (nSPS) is 25.8. The molecule has 23 nitrogen and oxygen atoms in total. The van der Waals surface area contributed by atoms with Crippen molar-refractivity contribution in [3.8, 4) is 0 Å². The predicted molar refractivity (Wildman–Crippen MR) is 186 cm³/mol. The number of nitrogens with zero attached hydrogens (tertiary/aromatic N) is 6. The minimum atomic E-state index is -5.30. The smallest absolute Gasteiger partial charge is 0.451 e. The zero-order valence-electron chi connectivity index (χ0n) is 28.6. The number of carbonyl (C=O) groups excluding carboxylic acids is 2. The molecule has 9 atom stereocenters. The van der Waals surface area contributed by atoms with Gasteiger partial charge in [0, 0.05) is 0 Å². The number of phosphoric acid groups is 1. The Morgan fingerprint density at radius 3 is 2.05 bits per heavy atom. The van der Waals surface area contributed by atoms with Crippen LogP contribution < -0.4 is 22.7 Å². The molecule has 56 heavy (non-hydrogen) atoms. The number of esters is 2. The van der Waals surface area contributed by atoms with Crippen LogP contribution in [0, 0.1) is 0 Å². The molecule has 5 heterocycles. The zero-order chi connectivity index (χ0) is 39.7. The highest BCUT2D eigenvalue weighted by atomic mass is 31.2. The lowest BCUT2D eigenvalue weighted by Gasteiger charge is -2.26. The Morgan fingerprint density at radius 2 is 1.43 bits per heavy atom. The van der Waals surface area contributed by atoms with Crippen molar-refractivity contribution in [1.29, 1.82) is 0 Å². The number of rotatable bonds is 12. The van der Waals surface area contributed by atoms with E-state index in [2.05, 4.69) is 24.9 Å². The number of benzene rings is 2. The summed E-state index contributed by atoms with van der Waals surface area (Å²) in [6.07, 6.45) is -10.7. The highest BCUT2D eigenvalue weighted by molar-refractivity contribution is 7.47. The molecule has 2 saturated heterocycles. The number of hydrogen-bond acceptors (Lipinski definition) is 19. The van der Waals surface area contributed by atoms with Crippen LogP contribution in [0.15, 0.2) is 82.9 Å². The number of ether oxygens (including phenoxy) is 4. The Morgan fingerprint density at radius 1 is 0.839 bits per heavy atom. The number of aliphatic hydroxyl groups is 2. The summed E-state index contributed by atoms with van der Waals surface area (Å²) in [5, 5.41) is 21.6. The summed E-state index contributed by atoms with van der Waals surface area (Å²) >= 11 is 0. The Bertz CT molecular complexity index is 2400. The number of imidazole rings is 1. The molecule has 2 fully saturated rings. The van der Waals surface area contributed by atoms with E-state index in [9.17, 15) is 38.8 Å². The summed E-state index contributed by atoms with van der Waals surface area (Å²) in [6.45, 7) is -1.76. The van der Waals surface area contributed by atoms with Gasteiger partial charge in [0.2, 0.25) is 11.9 Å². The van der Waals surface area contributed by atoms with E-state index in [4.69, 9.17) is 39.5 Å². The molecule has 24 heteroatoms. The number of nitrogen functional groups attached to an aromatic ring is 2. The number of phosphoric ester groups is 1. The molecular weight excluding hydrogens is 765 g/mol. The number of aliphatic hydroxyl groups excluding tert-OH is 2. The van der Waals surface area contributed by atoms with Crippen LogP contribution in [0.1, 0.15) is 33.2 Å². The van der Waals surface area contributed by atoms with Gasteiger partial charge >= 0.3 is 25.5 Å². The van der Waals surface area contributed by atoms with E-state index in [0.717, 1.165) is 17.2 Å². The fourth-order valence-corrected chi connectivity index (χ4v) is 7.04. The van der Waals surface area contributed by atoms with E-state index in [1.165, 1.54) is 28.8 Å². The number of nitrogens with one attached hydrogen (secondary N) is 1. The second kappa shape index (κ2) is 15.7. The van der Waals surface area contributed by atoms with Crippen LogP contribution in [0.4, 0.5) is 11.9 Å². The predicted octanol–water partition coefficient (Wildman–Crippen LogP) is -0.963. The lowest BCUT2D eigenvalue weighted by Crippen LogP contribution is -2.41. The minimum Gasteiger partial charge on any atom is -0.451 e. The molecule has 0 bridgehead atoms. The van der Waals surface area contributed by atoms with Gasteiger partial charge < -0.3 is 45.5 Å². The second-order valence-electron chi connectivity index (χ2n) is 12.3. The van der Waals surface area contributed by atoms with Crippen LogP contribution in [0.5, 0.6) is 0 Å². The molecule has 2 aromatic carbocycles. The third-order valence-corrected chi connectivity index (χ3v) is 9.67. The summed E-state index contributed by atoms with van der Waals surface area (Å²) in [5.74, 6) is -2.49. The van der Waals surface area contributed by atoms with Crippen molar-refractivity contribution in [2.24, 2.45) is 0 Å². The van der Waals surface area contributed by atoms with E-state index < -0.39 is 93.3 Å². The first-order valence-corrected chi connectivity index (χ1v) is 18.0. The van der Waals surface area contributed by atoms with Crippen LogP contribution in [-0.4, -0.2) is 111 Å². The van der Waals surface area contributed by atoms with Crippen molar-refractivity contribution in [1.82, 2.24) is 34.1 Å². The molecular formula is C32H32N9O14P. The van der Waals surface area contributed by atoms with Crippen LogP contribution >= 0.6 is 7.82 Å². The van der Waals surface area contributed by atoms with E-state index in [1.807, 2.05) is 0 Å². The van der Waals surface area contributed by atoms with Crippen LogP contribution in [0.3, 0.4) is 0 Å². The number of H-pyrrole nitrogens is 1. The average Bonchev–Trinajstić information content (AvgIpc) is 3.84. The van der Waals surface area contributed by atoms with Crippen LogP contribution in [-0.2, 0) is 32.6 Å². The molecule has 0 aliphatic carbocycles. The van der Waals surface area contributed by atoms with Crippen molar-refractivity contribution in [2.45, 2.75) is 49.1 Å². The maximum Gasteiger partial charge on any atom is 0.472 e. The monoisotopic (exact) mass is 797 g/mol. The molecule has 3 unspecified atom stereocenters. The Labute approximate surface area is 313 Å². The third kappa shape index (κ3) is 7.78. The van der Waals surface area contributed by atoms with E-state index >= 15 is 0 Å². The molecule has 0 spiro atoms. The quantitative estimate of drug-likeness (QED) is 0.0654. The number of hydrogen-bond donors (Lipinski definition) is 6. The average molecular weight is 798 g/mol. The van der Waals surface area contributed by atoms with Crippen molar-refractivity contribution < 1.29 is 57.3 Å². The van der Waals surface area contributed by atoms with Gasteiger partial charge in [0.25, 0.3) is 5.56 Å². The van der Waals surface area contributed by atoms with Gasteiger partial charge in [0.1, 0.15) is 30.7 Å². The fraction of sp³-hybridized carbons (Fsp3) is 0.312. The Balaban J connectivity index is 1.14. The van der Waals surface area contributed by atoms with Gasteiger partial charge in [-0.1, -0.05) is 36.4 Å². The molecule has 2 aliphatic rings. The van der Waals surface area contributed by atoms with Gasteiger partial charge in [0.15, 0.2) is 35.8 Å². The van der Waals surface area contributed by atoms with E-state index in [0.29, 0.717) is 0 Å². The first-order chi connectivity index (χ1) is 26.8. The summed E-state index contributed by atoms with van der Waals surface area (Å²) in [7, 11) is -5.30. The molecule has 5 aromatic rings. The van der Waals surface area contributed by atoms with E-state index in [-0.39, 0.29) is 34.2 Å². The minimum absolute atomic E-state index is 0.0550. The maximum absolute atomic E-state index is 13.6. The highest BCUT2D eigenvalue weighted by Gasteiger charge is 2.53. The lowest BCUT2D eigenvalue weighted by molar-refractivity contribution is -0.0617. The van der Waals surface area contributed by atoms with Crippen molar-refractivity contribution in [3.05, 3.63) is 105 Å². The van der Waals surface area contributed by atoms with Gasteiger partial charge in [-0.2, -0.15) is 9.97 Å². The largest absolute Gasteiger partial charge is 0.472 e. The molecule has 0 amide bonds. The first kappa shape index (κ1) is 38.4. The first-order valence-electron chi connectivity index (χ1n) is 16.5. The molecule has 7 rings (SSSR count). The van der Waals surface area contributed by atoms with Gasteiger partial charge in [0.05, 0.1) is 30.7 Å². The molecule has 3 aromatic heterocycles. The fourth-order valence-electron chi connectivity index (χ4n) is 6.08. The molecule has 2 aliphatic heterocycles. The van der Waals surface area contributed by atoms with Crippen LogP contribution in [0.2, 0.25) is 0 Å². The van der Waals surface area contributed by atoms with Gasteiger partial charge in [-0.25, -0.2) is 28.9 Å². The number of aromatic nitrogens is 7. The summed E-state index contributed by atoms with van der Waals surface area (Å²) in [4.78, 5) is 80.3. The number of fused-ring (bicyclic) bond motifs is 1. The van der Waals surface area contributed by atoms with Crippen molar-refractivity contribution in [3.63, 3.8) is 0 Å². The number of nitrogens with two attached hydrogens (primary N) is 2. The second-order valence-corrected chi connectivity index (χ2v) is 13.7. The Kier molecular flexibility index (Phi) is 10.7. The summed E-state index contributed by atoms with van der Waals surface area (Å²) in [6, 6.07) is 15.4. The SMILES string of the molecule is Nc1ncn([C@@H]2O[C@H](CO)[C@H](OP(=O)(O)OC[C@H]3O[C@@H](n4cnc5c(=O)[nH]c(N)nc54)[C@@H](OC(=O)c4ccccc4)C3O)C2OC(=O)c2ccccc2)c(=O)n1. The molecule has 0 saturated carbocycles. The van der Waals surface area contributed by atoms with Crippen LogP contribution in [0.25, 0.3) is 11.2 Å². The van der Waals surface area contributed by atoms with Crippen molar-refractivity contribution >= 4 is 42.8 Å². The van der Waals surface area contributed by atoms with E-state index in [1.54, 1.807) is 36.4 Å². The summed E-state index contributed by atoms with van der Waals surface area (Å²) in [5.41, 5.74) is 9.48. The summed E-state index contributed by atoms with van der Waals surface area (Å²) < 4.78 is 49.2. The van der Waals surface area contributed by atoms with Gasteiger partial charge in [-0.15, -0.1) is 0 Å². The number of carbonyl (C=O) groups is 2. The zero-order valence-corrected chi connectivity index (χ0v) is 29.5. The molecule has 8 N–H and O–H groups in total. The molecule has 294 valence electrons. The third-order valence-electron chi connectivity index (χ3n) is 8.68. The highest BCUT2D eigenvalue weighted by Crippen LogP contribution is 2.50. The maximum atomic E-state index is 13.6. The van der Waals surface area contributed by atoms with Gasteiger partial charge in [-0.05, 0) is 24.3 Å². The van der Waals surface area contributed by atoms with Gasteiger partial charge in [-0.3, -0.25) is 28.0 Å². The number of anilines is 2. The topological polar surface area (TPSA) is 331 Å². The number of aromatic amines is 1.